The number of hydrogen-bond donors (Lipinski definition) is 0. The summed E-state index contributed by atoms with van der Waals surface area (Å²) in [6.45, 7) is 9.72. The molecule has 1 heterocycles. The number of benzene rings is 1. The fraction of sp³-hybridized carbons (Fsp3) is 0.538. The van der Waals surface area contributed by atoms with Crippen LogP contribution in [0.5, 0.6) is 0 Å². The zero-order valence-corrected chi connectivity index (χ0v) is 12.9. The number of halogens is 2. The maximum absolute atomic E-state index is 13.4. The van der Waals surface area contributed by atoms with Gasteiger partial charge >= 0.3 is 7.12 Å². The van der Waals surface area contributed by atoms with E-state index in [4.69, 9.17) is 9.31 Å². The Balaban J connectivity index is 2.38. The molecule has 0 saturated carbocycles. The zero-order valence-electron chi connectivity index (χ0n) is 11.3. The van der Waals surface area contributed by atoms with Crippen LogP contribution in [0.4, 0.5) is 4.39 Å². The Labute approximate surface area is 116 Å². The summed E-state index contributed by atoms with van der Waals surface area (Å²) in [6.07, 6.45) is 0. The molecule has 1 aliphatic heterocycles. The molecule has 0 spiro atoms. The van der Waals surface area contributed by atoms with E-state index >= 15 is 0 Å². The van der Waals surface area contributed by atoms with Gasteiger partial charge in [0.25, 0.3) is 0 Å². The van der Waals surface area contributed by atoms with Crippen molar-refractivity contribution < 1.29 is 13.7 Å². The average molecular weight is 315 g/mol. The normalized spacial score (nSPS) is 21.4. The second-order valence-electron chi connectivity index (χ2n) is 5.71. The summed E-state index contributed by atoms with van der Waals surface area (Å²) < 4.78 is 26.0. The van der Waals surface area contributed by atoms with Crippen LogP contribution in [0.15, 0.2) is 16.6 Å². The van der Waals surface area contributed by atoms with E-state index in [1.807, 2.05) is 27.7 Å². The number of aryl methyl sites for hydroxylation is 1. The van der Waals surface area contributed by atoms with Crippen LogP contribution in [-0.2, 0) is 9.31 Å². The van der Waals surface area contributed by atoms with Crippen molar-refractivity contribution in [3.8, 4) is 0 Å². The largest absolute Gasteiger partial charge is 0.496 e. The Morgan fingerprint density at radius 3 is 2.11 bits per heavy atom. The quantitative estimate of drug-likeness (QED) is 0.741. The smallest absolute Gasteiger partial charge is 0.399 e. The molecule has 1 aromatic carbocycles. The molecule has 2 rings (SSSR count). The molecule has 0 N–H and O–H groups in total. The van der Waals surface area contributed by atoms with Crippen LogP contribution in [0.2, 0.25) is 0 Å². The highest BCUT2D eigenvalue weighted by molar-refractivity contribution is 9.10. The lowest BCUT2D eigenvalue weighted by Crippen LogP contribution is -2.41. The predicted octanol–water partition coefficient (Wildman–Crippen LogP) is 3.20. The molecule has 0 bridgehead atoms. The minimum absolute atomic E-state index is 0.234. The van der Waals surface area contributed by atoms with Gasteiger partial charge in [-0.1, -0.05) is 22.0 Å². The van der Waals surface area contributed by atoms with Crippen molar-refractivity contribution in [2.24, 2.45) is 0 Å². The van der Waals surface area contributed by atoms with E-state index in [2.05, 4.69) is 15.9 Å². The Bertz CT molecular complexity index is 472. The first kappa shape index (κ1) is 14.0. The number of rotatable bonds is 1. The molecular formula is C13H17BBrFO2. The van der Waals surface area contributed by atoms with Gasteiger partial charge in [0.2, 0.25) is 0 Å². The van der Waals surface area contributed by atoms with Gasteiger partial charge in [0.15, 0.2) is 0 Å². The first-order valence-corrected chi connectivity index (χ1v) is 6.74. The summed E-state index contributed by atoms with van der Waals surface area (Å²) in [4.78, 5) is 0. The van der Waals surface area contributed by atoms with Crippen molar-refractivity contribution >= 4 is 28.5 Å². The number of hydrogen-bond acceptors (Lipinski definition) is 2. The minimum Gasteiger partial charge on any atom is -0.399 e. The molecule has 1 aliphatic rings. The maximum Gasteiger partial charge on any atom is 0.496 e. The lowest BCUT2D eigenvalue weighted by molar-refractivity contribution is 0.00578. The topological polar surface area (TPSA) is 18.5 Å². The van der Waals surface area contributed by atoms with Crippen LogP contribution < -0.4 is 5.46 Å². The van der Waals surface area contributed by atoms with Crippen LogP contribution in [-0.4, -0.2) is 18.3 Å². The molecule has 2 nitrogen and oxygen atoms in total. The van der Waals surface area contributed by atoms with Crippen molar-refractivity contribution in [1.29, 1.82) is 0 Å². The van der Waals surface area contributed by atoms with Crippen LogP contribution in [0.3, 0.4) is 0 Å². The molecule has 0 amide bonds. The van der Waals surface area contributed by atoms with Gasteiger partial charge in [-0.2, -0.15) is 0 Å². The van der Waals surface area contributed by atoms with Gasteiger partial charge in [0, 0.05) is 4.47 Å². The molecule has 1 fully saturated rings. The molecule has 5 heteroatoms. The van der Waals surface area contributed by atoms with E-state index in [1.165, 1.54) is 6.07 Å². The average Bonchev–Trinajstić information content (AvgIpc) is 2.42. The Kier molecular flexibility index (Phi) is 3.37. The Hall–Kier alpha value is -0.385. The molecule has 1 saturated heterocycles. The van der Waals surface area contributed by atoms with Crippen LogP contribution in [0.1, 0.15) is 33.3 Å². The van der Waals surface area contributed by atoms with Gasteiger partial charge in [0.1, 0.15) is 5.82 Å². The minimum atomic E-state index is -0.469. The van der Waals surface area contributed by atoms with Crippen molar-refractivity contribution in [3.63, 3.8) is 0 Å². The molecular weight excluding hydrogens is 298 g/mol. The van der Waals surface area contributed by atoms with Gasteiger partial charge in [0.05, 0.1) is 11.2 Å². The summed E-state index contributed by atoms with van der Waals surface area (Å²) in [5, 5.41) is 0. The summed E-state index contributed by atoms with van der Waals surface area (Å²) in [5.41, 5.74) is 0.633. The van der Waals surface area contributed by atoms with Crippen molar-refractivity contribution in [2.75, 3.05) is 0 Å². The standard InChI is InChI=1S/C13H17BBrFO2/c1-8-6-9(10(15)7-11(8)16)14-17-12(2,3)13(4,5)18-14/h6-7H,1-5H3. The molecule has 1 aromatic rings. The molecule has 0 atom stereocenters. The molecule has 18 heavy (non-hydrogen) atoms. The first-order chi connectivity index (χ1) is 8.14. The van der Waals surface area contributed by atoms with Crippen molar-refractivity contribution in [3.05, 3.63) is 28.0 Å². The van der Waals surface area contributed by atoms with E-state index in [1.54, 1.807) is 13.0 Å². The maximum atomic E-state index is 13.4. The fourth-order valence-corrected chi connectivity index (χ4v) is 2.33. The second-order valence-corrected chi connectivity index (χ2v) is 6.57. The van der Waals surface area contributed by atoms with E-state index < -0.39 is 7.12 Å². The summed E-state index contributed by atoms with van der Waals surface area (Å²) in [7, 11) is -0.469. The van der Waals surface area contributed by atoms with Crippen LogP contribution in [0, 0.1) is 12.7 Å². The third-order valence-electron chi connectivity index (χ3n) is 3.79. The monoisotopic (exact) mass is 314 g/mol. The lowest BCUT2D eigenvalue weighted by Gasteiger charge is -2.32. The predicted molar refractivity (Wildman–Crippen MR) is 74.6 cm³/mol. The highest BCUT2D eigenvalue weighted by Gasteiger charge is 2.52. The lowest BCUT2D eigenvalue weighted by atomic mass is 9.78. The third kappa shape index (κ3) is 2.24. The van der Waals surface area contributed by atoms with E-state index in [0.29, 0.717) is 10.0 Å². The van der Waals surface area contributed by atoms with E-state index in [-0.39, 0.29) is 17.0 Å². The highest BCUT2D eigenvalue weighted by Crippen LogP contribution is 2.37. The molecule has 0 unspecified atom stereocenters. The van der Waals surface area contributed by atoms with Gasteiger partial charge in [-0.15, -0.1) is 0 Å². The summed E-state index contributed by atoms with van der Waals surface area (Å²) in [6, 6.07) is 3.22. The third-order valence-corrected chi connectivity index (χ3v) is 4.47. The van der Waals surface area contributed by atoms with Gasteiger partial charge in [-0.05, 0) is 51.7 Å². The highest BCUT2D eigenvalue weighted by atomic mass is 79.9. The fourth-order valence-electron chi connectivity index (χ4n) is 1.83. The van der Waals surface area contributed by atoms with Crippen LogP contribution in [0.25, 0.3) is 0 Å². The van der Waals surface area contributed by atoms with Gasteiger partial charge < -0.3 is 9.31 Å². The van der Waals surface area contributed by atoms with Gasteiger partial charge in [-0.25, -0.2) is 4.39 Å². The molecule has 0 radical (unpaired) electrons. The van der Waals surface area contributed by atoms with Gasteiger partial charge in [-0.3, -0.25) is 0 Å². The first-order valence-electron chi connectivity index (χ1n) is 5.95. The second kappa shape index (κ2) is 4.32. The Morgan fingerprint density at radius 1 is 1.11 bits per heavy atom. The summed E-state index contributed by atoms with van der Waals surface area (Å²) >= 11 is 3.37. The Morgan fingerprint density at radius 2 is 1.61 bits per heavy atom. The van der Waals surface area contributed by atoms with E-state index in [9.17, 15) is 4.39 Å². The molecule has 0 aliphatic carbocycles. The molecule has 98 valence electrons. The van der Waals surface area contributed by atoms with Crippen molar-refractivity contribution in [1.82, 2.24) is 0 Å². The summed E-state index contributed by atoms with van der Waals surface area (Å²) in [5.74, 6) is -0.234. The molecule has 0 aromatic heterocycles. The van der Waals surface area contributed by atoms with E-state index in [0.717, 1.165) is 5.46 Å². The van der Waals surface area contributed by atoms with Crippen LogP contribution >= 0.6 is 15.9 Å². The van der Waals surface area contributed by atoms with Crippen molar-refractivity contribution in [2.45, 2.75) is 45.8 Å². The SMILES string of the molecule is Cc1cc(B2OC(C)(C)C(C)(C)O2)c(Br)cc1F. The zero-order chi connectivity index (χ0) is 13.7.